The van der Waals surface area contributed by atoms with Gasteiger partial charge >= 0.3 is 6.18 Å². The number of nitrogen functional groups attached to an aromatic ring is 1. The maximum Gasteiger partial charge on any atom is 0.433 e. The van der Waals surface area contributed by atoms with E-state index < -0.39 is 17.9 Å². The highest BCUT2D eigenvalue weighted by atomic mass is 19.4. The molecule has 1 amide bonds. The Balaban J connectivity index is 1.52. The number of benzene rings is 1. The van der Waals surface area contributed by atoms with Crippen LogP contribution in [0.25, 0.3) is 10.9 Å². The van der Waals surface area contributed by atoms with E-state index >= 15 is 0 Å². The van der Waals surface area contributed by atoms with Crippen molar-refractivity contribution >= 4 is 22.6 Å². The standard InChI is InChI=1S/C23H21F3N4O3/c1-11-5-17-14(15-7-32-8-16(15)21(27)29-17)6-13(11)22(31)30(2)19-10-33-9-18-12(19)3-4-20(28-18)23(24,25)26/h3-6,19H,7-10H2,1-2H3,(H2,27,29)/t19-/m1/s1. The molecule has 0 bridgehead atoms. The number of anilines is 1. The van der Waals surface area contributed by atoms with E-state index in [-0.39, 0.29) is 24.8 Å². The number of hydrogen-bond donors (Lipinski definition) is 1. The van der Waals surface area contributed by atoms with Gasteiger partial charge in [-0.3, -0.25) is 4.79 Å². The number of carbonyl (C=O) groups is 1. The van der Waals surface area contributed by atoms with Gasteiger partial charge in [-0.1, -0.05) is 6.07 Å². The molecule has 2 N–H and O–H groups in total. The number of fused-ring (bicyclic) bond motifs is 4. The van der Waals surface area contributed by atoms with Crippen LogP contribution in [-0.4, -0.2) is 34.4 Å². The van der Waals surface area contributed by atoms with Crippen molar-refractivity contribution in [3.8, 4) is 0 Å². The van der Waals surface area contributed by atoms with E-state index in [1.54, 1.807) is 13.1 Å². The number of likely N-dealkylation sites (N-methyl/N-ethyl adjacent to an activating group) is 1. The number of rotatable bonds is 2. The molecule has 33 heavy (non-hydrogen) atoms. The maximum absolute atomic E-state index is 13.5. The highest BCUT2D eigenvalue weighted by Crippen LogP contribution is 2.35. The Bertz CT molecular complexity index is 1290. The third-order valence-electron chi connectivity index (χ3n) is 6.27. The van der Waals surface area contributed by atoms with E-state index in [2.05, 4.69) is 9.97 Å². The summed E-state index contributed by atoms with van der Waals surface area (Å²) in [6, 6.07) is 5.36. The summed E-state index contributed by atoms with van der Waals surface area (Å²) < 4.78 is 50.2. The molecule has 2 aromatic heterocycles. The van der Waals surface area contributed by atoms with Crippen molar-refractivity contribution in [1.82, 2.24) is 14.9 Å². The maximum atomic E-state index is 13.5. The molecule has 1 aromatic carbocycles. The van der Waals surface area contributed by atoms with Gasteiger partial charge in [-0.2, -0.15) is 13.2 Å². The Hall–Kier alpha value is -3.24. The molecule has 0 saturated carbocycles. The summed E-state index contributed by atoms with van der Waals surface area (Å²) in [6.45, 7) is 2.71. The Kier molecular flexibility index (Phi) is 5.02. The first-order chi connectivity index (χ1) is 15.6. The van der Waals surface area contributed by atoms with Gasteiger partial charge in [0.25, 0.3) is 5.91 Å². The predicted octanol–water partition coefficient (Wildman–Crippen LogP) is 3.91. The number of aromatic nitrogens is 2. The Labute approximate surface area is 187 Å². The monoisotopic (exact) mass is 458 g/mol. The van der Waals surface area contributed by atoms with Crippen molar-refractivity contribution in [3.05, 3.63) is 63.5 Å². The molecule has 0 saturated heterocycles. The zero-order valence-electron chi connectivity index (χ0n) is 18.0. The number of amides is 1. The van der Waals surface area contributed by atoms with E-state index in [0.717, 1.165) is 22.6 Å². The van der Waals surface area contributed by atoms with Gasteiger partial charge in [0.2, 0.25) is 0 Å². The third-order valence-corrected chi connectivity index (χ3v) is 6.27. The van der Waals surface area contributed by atoms with Crippen molar-refractivity contribution in [2.75, 3.05) is 19.4 Å². The van der Waals surface area contributed by atoms with Crippen LogP contribution in [0.5, 0.6) is 0 Å². The number of alkyl halides is 3. The van der Waals surface area contributed by atoms with Gasteiger partial charge in [0.15, 0.2) is 0 Å². The van der Waals surface area contributed by atoms with Crippen molar-refractivity contribution in [2.45, 2.75) is 39.0 Å². The van der Waals surface area contributed by atoms with Crippen molar-refractivity contribution in [2.24, 2.45) is 0 Å². The zero-order valence-corrected chi connectivity index (χ0v) is 18.0. The van der Waals surface area contributed by atoms with Crippen LogP contribution in [0.15, 0.2) is 24.3 Å². The molecule has 0 fully saturated rings. The van der Waals surface area contributed by atoms with Crippen LogP contribution in [0.1, 0.15) is 50.0 Å². The van der Waals surface area contributed by atoms with Crippen LogP contribution in [0.3, 0.4) is 0 Å². The minimum Gasteiger partial charge on any atom is -0.383 e. The average Bonchev–Trinajstić information content (AvgIpc) is 3.27. The number of halogens is 3. The van der Waals surface area contributed by atoms with Gasteiger partial charge in [0.1, 0.15) is 11.5 Å². The number of ether oxygens (including phenoxy) is 2. The molecule has 0 spiro atoms. The second-order valence-corrected chi connectivity index (χ2v) is 8.31. The summed E-state index contributed by atoms with van der Waals surface area (Å²) in [6.07, 6.45) is -4.55. The van der Waals surface area contributed by atoms with Gasteiger partial charge < -0.3 is 20.1 Å². The largest absolute Gasteiger partial charge is 0.433 e. The van der Waals surface area contributed by atoms with E-state index in [1.807, 2.05) is 13.0 Å². The molecule has 2 aliphatic rings. The van der Waals surface area contributed by atoms with Crippen LogP contribution in [0.2, 0.25) is 0 Å². The number of carbonyl (C=O) groups excluding carboxylic acids is 1. The molecule has 0 aliphatic carbocycles. The van der Waals surface area contributed by atoms with Gasteiger partial charge in [0.05, 0.1) is 43.7 Å². The summed E-state index contributed by atoms with van der Waals surface area (Å²) in [7, 11) is 1.61. The molecule has 3 aromatic rings. The molecular formula is C23H21F3N4O3. The molecule has 2 aliphatic heterocycles. The minimum absolute atomic E-state index is 0.0357. The molecule has 172 valence electrons. The zero-order chi connectivity index (χ0) is 23.5. The molecule has 4 heterocycles. The lowest BCUT2D eigenvalue weighted by molar-refractivity contribution is -0.141. The average molecular weight is 458 g/mol. The van der Waals surface area contributed by atoms with Gasteiger partial charge in [0, 0.05) is 29.1 Å². The first-order valence-electron chi connectivity index (χ1n) is 10.4. The molecule has 7 nitrogen and oxygen atoms in total. The Morgan fingerprint density at radius 1 is 1.12 bits per heavy atom. The second kappa shape index (κ2) is 7.67. The van der Waals surface area contributed by atoms with Gasteiger partial charge in [-0.25, -0.2) is 9.97 Å². The van der Waals surface area contributed by atoms with Gasteiger partial charge in [-0.05, 0) is 36.2 Å². The van der Waals surface area contributed by atoms with Crippen molar-refractivity contribution < 1.29 is 27.4 Å². The summed E-state index contributed by atoms with van der Waals surface area (Å²) in [5.74, 6) is 0.146. The first-order valence-corrected chi connectivity index (χ1v) is 10.4. The third kappa shape index (κ3) is 3.59. The SMILES string of the molecule is Cc1cc2nc(N)c3c(c2cc1C(=O)N(C)[C@@H]1COCc2nc(C(F)(F)F)ccc21)COC3. The lowest BCUT2D eigenvalue weighted by atomic mass is 9.97. The number of pyridine rings is 2. The number of aryl methyl sites for hydroxylation is 1. The van der Waals surface area contributed by atoms with E-state index in [0.29, 0.717) is 41.2 Å². The number of nitrogens with zero attached hydrogens (tertiary/aromatic N) is 3. The predicted molar refractivity (Wildman–Crippen MR) is 113 cm³/mol. The second-order valence-electron chi connectivity index (χ2n) is 8.31. The van der Waals surface area contributed by atoms with E-state index in [4.69, 9.17) is 15.2 Å². The highest BCUT2D eigenvalue weighted by Gasteiger charge is 2.36. The molecular weight excluding hydrogens is 437 g/mol. The van der Waals surface area contributed by atoms with Crippen LogP contribution in [-0.2, 0) is 35.5 Å². The molecule has 10 heteroatoms. The van der Waals surface area contributed by atoms with E-state index in [9.17, 15) is 18.0 Å². The van der Waals surface area contributed by atoms with Crippen molar-refractivity contribution in [3.63, 3.8) is 0 Å². The summed E-state index contributed by atoms with van der Waals surface area (Å²) in [4.78, 5) is 23.2. The normalized spacial score (nSPS) is 17.7. The molecule has 0 unspecified atom stereocenters. The summed E-state index contributed by atoms with van der Waals surface area (Å²) in [5, 5.41) is 0.802. The number of nitrogens with two attached hydrogens (primary N) is 1. The lowest BCUT2D eigenvalue weighted by Crippen LogP contribution is -2.37. The summed E-state index contributed by atoms with van der Waals surface area (Å²) in [5.41, 5.74) is 9.44. The van der Waals surface area contributed by atoms with Crippen LogP contribution >= 0.6 is 0 Å². The fourth-order valence-corrected chi connectivity index (χ4v) is 4.45. The van der Waals surface area contributed by atoms with Crippen LogP contribution in [0, 0.1) is 6.92 Å². The van der Waals surface area contributed by atoms with Crippen LogP contribution in [0.4, 0.5) is 19.0 Å². The molecule has 1 atom stereocenters. The lowest BCUT2D eigenvalue weighted by Gasteiger charge is -2.33. The van der Waals surface area contributed by atoms with Crippen LogP contribution < -0.4 is 5.73 Å². The smallest absolute Gasteiger partial charge is 0.383 e. The number of hydrogen-bond acceptors (Lipinski definition) is 6. The molecule has 5 rings (SSSR count). The summed E-state index contributed by atoms with van der Waals surface area (Å²) >= 11 is 0. The van der Waals surface area contributed by atoms with Crippen molar-refractivity contribution in [1.29, 1.82) is 0 Å². The Morgan fingerprint density at radius 2 is 1.88 bits per heavy atom. The fourth-order valence-electron chi connectivity index (χ4n) is 4.45. The quantitative estimate of drug-likeness (QED) is 0.626. The fraction of sp³-hybridized carbons (Fsp3) is 0.348. The van der Waals surface area contributed by atoms with E-state index in [1.165, 1.54) is 11.0 Å². The first kappa shape index (κ1) is 21.6. The Morgan fingerprint density at radius 3 is 2.64 bits per heavy atom. The highest BCUT2D eigenvalue weighted by molar-refractivity contribution is 6.01. The topological polar surface area (TPSA) is 90.6 Å². The van der Waals surface area contributed by atoms with Gasteiger partial charge in [-0.15, -0.1) is 0 Å². The molecule has 0 radical (unpaired) electrons. The minimum atomic E-state index is -4.55.